The lowest BCUT2D eigenvalue weighted by molar-refractivity contribution is -0.125. The van der Waals surface area contributed by atoms with Gasteiger partial charge in [-0.15, -0.1) is 0 Å². The van der Waals surface area contributed by atoms with E-state index in [4.69, 9.17) is 0 Å². The van der Waals surface area contributed by atoms with Crippen LogP contribution in [0.15, 0.2) is 47.2 Å². The van der Waals surface area contributed by atoms with E-state index in [0.29, 0.717) is 6.54 Å². The van der Waals surface area contributed by atoms with Gasteiger partial charge in [0.05, 0.1) is 6.04 Å². The van der Waals surface area contributed by atoms with Gasteiger partial charge in [0.25, 0.3) is 0 Å². The molecule has 2 aromatic rings. The fourth-order valence-electron chi connectivity index (χ4n) is 2.34. The Morgan fingerprint density at radius 3 is 2.41 bits per heavy atom. The number of para-hydroxylation sites is 1. The van der Waals surface area contributed by atoms with Crippen LogP contribution < -0.4 is 10.2 Å². The molecule has 0 radical (unpaired) electrons. The van der Waals surface area contributed by atoms with Gasteiger partial charge in [-0.3, -0.25) is 4.79 Å². The van der Waals surface area contributed by atoms with Crippen molar-refractivity contribution in [2.75, 3.05) is 18.5 Å². The molecule has 22 heavy (non-hydrogen) atoms. The van der Waals surface area contributed by atoms with E-state index in [9.17, 15) is 4.79 Å². The van der Waals surface area contributed by atoms with Gasteiger partial charge in [0.15, 0.2) is 0 Å². The van der Waals surface area contributed by atoms with Crippen molar-refractivity contribution in [3.63, 3.8) is 0 Å². The van der Waals surface area contributed by atoms with Crippen LogP contribution >= 0.6 is 11.3 Å². The summed E-state index contributed by atoms with van der Waals surface area (Å²) in [6.45, 7) is 6.51. The standard InChI is InChI=1S/C18H24N2OS/c1-18(2,3)17(21)20(15-8-6-5-7-9-15)12-16(19-4)14-10-11-22-13-14/h5-11,13,16,19H,12H2,1-4H3. The van der Waals surface area contributed by atoms with Crippen LogP contribution in [-0.2, 0) is 4.79 Å². The Morgan fingerprint density at radius 1 is 1.23 bits per heavy atom. The number of nitrogens with one attached hydrogen (secondary N) is 1. The van der Waals surface area contributed by atoms with Gasteiger partial charge in [-0.25, -0.2) is 0 Å². The first-order chi connectivity index (χ1) is 10.4. The third-order valence-electron chi connectivity index (χ3n) is 3.61. The molecule has 1 aromatic carbocycles. The molecule has 118 valence electrons. The number of likely N-dealkylation sites (N-methyl/N-ethyl adjacent to an activating group) is 1. The summed E-state index contributed by atoms with van der Waals surface area (Å²) in [6, 6.07) is 12.1. The molecule has 1 unspecified atom stereocenters. The van der Waals surface area contributed by atoms with Crippen molar-refractivity contribution >= 4 is 22.9 Å². The minimum Gasteiger partial charge on any atom is -0.311 e. The van der Waals surface area contributed by atoms with Gasteiger partial charge >= 0.3 is 0 Å². The Kier molecular flexibility index (Phi) is 5.37. The predicted octanol–water partition coefficient (Wildman–Crippen LogP) is 4.09. The minimum atomic E-state index is -0.414. The summed E-state index contributed by atoms with van der Waals surface area (Å²) in [4.78, 5) is 14.8. The highest BCUT2D eigenvalue weighted by Gasteiger charge is 2.30. The Bertz CT molecular complexity index is 587. The lowest BCUT2D eigenvalue weighted by Crippen LogP contribution is -2.43. The maximum Gasteiger partial charge on any atom is 0.232 e. The largest absolute Gasteiger partial charge is 0.311 e. The van der Waals surface area contributed by atoms with Crippen LogP contribution in [0.25, 0.3) is 0 Å². The molecule has 0 saturated carbocycles. The molecule has 1 N–H and O–H groups in total. The van der Waals surface area contributed by atoms with Crippen molar-refractivity contribution in [3.05, 3.63) is 52.7 Å². The first-order valence-corrected chi connectivity index (χ1v) is 8.44. The van der Waals surface area contributed by atoms with E-state index in [-0.39, 0.29) is 11.9 Å². The third kappa shape index (κ3) is 3.96. The Morgan fingerprint density at radius 2 is 1.91 bits per heavy atom. The quantitative estimate of drug-likeness (QED) is 0.901. The summed E-state index contributed by atoms with van der Waals surface area (Å²) in [5.41, 5.74) is 1.75. The molecule has 1 aromatic heterocycles. The smallest absolute Gasteiger partial charge is 0.232 e. The van der Waals surface area contributed by atoms with E-state index in [1.54, 1.807) is 11.3 Å². The van der Waals surface area contributed by atoms with E-state index in [0.717, 1.165) is 5.69 Å². The van der Waals surface area contributed by atoms with Gasteiger partial charge in [-0.2, -0.15) is 11.3 Å². The van der Waals surface area contributed by atoms with Gasteiger partial charge < -0.3 is 10.2 Å². The summed E-state index contributed by atoms with van der Waals surface area (Å²) >= 11 is 1.68. The predicted molar refractivity (Wildman–Crippen MR) is 94.4 cm³/mol. The molecular formula is C18H24N2OS. The molecule has 1 atom stereocenters. The maximum absolute atomic E-state index is 12.9. The van der Waals surface area contributed by atoms with Crippen LogP contribution in [0.5, 0.6) is 0 Å². The van der Waals surface area contributed by atoms with E-state index in [1.807, 2.05) is 63.1 Å². The van der Waals surface area contributed by atoms with Crippen LogP contribution in [0, 0.1) is 5.41 Å². The van der Waals surface area contributed by atoms with Gasteiger partial charge in [0.2, 0.25) is 5.91 Å². The number of thiophene rings is 1. The van der Waals surface area contributed by atoms with Crippen molar-refractivity contribution in [1.82, 2.24) is 5.32 Å². The SMILES string of the molecule is CNC(CN(C(=O)C(C)(C)C)c1ccccc1)c1ccsc1. The summed E-state index contributed by atoms with van der Waals surface area (Å²) in [7, 11) is 1.94. The van der Waals surface area contributed by atoms with Crippen molar-refractivity contribution < 1.29 is 4.79 Å². The number of hydrogen-bond acceptors (Lipinski definition) is 3. The number of rotatable bonds is 5. The van der Waals surface area contributed by atoms with Crippen LogP contribution in [0.3, 0.4) is 0 Å². The summed E-state index contributed by atoms with van der Waals surface area (Å²) in [6.07, 6.45) is 0. The topological polar surface area (TPSA) is 32.3 Å². The summed E-state index contributed by atoms with van der Waals surface area (Å²) < 4.78 is 0. The van der Waals surface area contributed by atoms with Crippen molar-refractivity contribution in [2.45, 2.75) is 26.8 Å². The van der Waals surface area contributed by atoms with Gasteiger partial charge in [0.1, 0.15) is 0 Å². The Labute approximate surface area is 137 Å². The molecule has 0 saturated heterocycles. The Balaban J connectivity index is 2.30. The first kappa shape index (κ1) is 16.7. The fraction of sp³-hybridized carbons (Fsp3) is 0.389. The van der Waals surface area contributed by atoms with Crippen LogP contribution in [-0.4, -0.2) is 19.5 Å². The Hall–Kier alpha value is -1.65. The second-order valence-corrected chi connectivity index (χ2v) is 7.18. The zero-order valence-electron chi connectivity index (χ0n) is 13.7. The monoisotopic (exact) mass is 316 g/mol. The number of hydrogen-bond donors (Lipinski definition) is 1. The number of anilines is 1. The molecule has 0 fully saturated rings. The highest BCUT2D eigenvalue weighted by Crippen LogP contribution is 2.26. The number of carbonyl (C=O) groups is 1. The molecule has 0 spiro atoms. The van der Waals surface area contributed by atoms with Crippen LogP contribution in [0.4, 0.5) is 5.69 Å². The fourth-order valence-corrected chi connectivity index (χ4v) is 3.05. The number of amides is 1. The average molecular weight is 316 g/mol. The minimum absolute atomic E-state index is 0.123. The van der Waals surface area contributed by atoms with E-state index >= 15 is 0 Å². The molecule has 2 rings (SSSR count). The second-order valence-electron chi connectivity index (χ2n) is 6.40. The van der Waals surface area contributed by atoms with E-state index in [2.05, 4.69) is 22.1 Å². The average Bonchev–Trinajstić information content (AvgIpc) is 3.02. The second kappa shape index (κ2) is 7.07. The highest BCUT2D eigenvalue weighted by molar-refractivity contribution is 7.07. The molecule has 1 heterocycles. The van der Waals surface area contributed by atoms with Gasteiger partial charge in [0, 0.05) is 17.6 Å². The molecule has 0 aliphatic heterocycles. The zero-order valence-corrected chi connectivity index (χ0v) is 14.5. The molecule has 4 heteroatoms. The highest BCUT2D eigenvalue weighted by atomic mass is 32.1. The molecular weight excluding hydrogens is 292 g/mol. The van der Waals surface area contributed by atoms with Crippen LogP contribution in [0.1, 0.15) is 32.4 Å². The van der Waals surface area contributed by atoms with Crippen molar-refractivity contribution in [2.24, 2.45) is 5.41 Å². The normalized spacial score (nSPS) is 12.9. The molecule has 3 nitrogen and oxygen atoms in total. The first-order valence-electron chi connectivity index (χ1n) is 7.50. The van der Waals surface area contributed by atoms with Gasteiger partial charge in [-0.05, 0) is 41.6 Å². The van der Waals surface area contributed by atoms with E-state index < -0.39 is 5.41 Å². The lowest BCUT2D eigenvalue weighted by atomic mass is 9.93. The maximum atomic E-state index is 12.9. The molecule has 0 aliphatic carbocycles. The zero-order chi connectivity index (χ0) is 16.2. The summed E-state index contributed by atoms with van der Waals surface area (Å²) in [5, 5.41) is 7.52. The van der Waals surface area contributed by atoms with Gasteiger partial charge in [-0.1, -0.05) is 39.0 Å². The molecule has 1 amide bonds. The van der Waals surface area contributed by atoms with Crippen LogP contribution in [0.2, 0.25) is 0 Å². The van der Waals surface area contributed by atoms with Crippen molar-refractivity contribution in [3.8, 4) is 0 Å². The number of nitrogens with zero attached hydrogens (tertiary/aromatic N) is 1. The van der Waals surface area contributed by atoms with E-state index in [1.165, 1.54) is 5.56 Å². The molecule has 0 bridgehead atoms. The third-order valence-corrected chi connectivity index (χ3v) is 4.32. The summed E-state index contributed by atoms with van der Waals surface area (Å²) in [5.74, 6) is 0.133. The lowest BCUT2D eigenvalue weighted by Gasteiger charge is -2.32. The number of benzene rings is 1. The number of carbonyl (C=O) groups excluding carboxylic acids is 1. The van der Waals surface area contributed by atoms with Crippen molar-refractivity contribution in [1.29, 1.82) is 0 Å². The molecule has 0 aliphatic rings.